The molecule has 0 saturated carbocycles. The summed E-state index contributed by atoms with van der Waals surface area (Å²) in [6.07, 6.45) is 0.327. The molecule has 2 aromatic heterocycles. The minimum Gasteiger partial charge on any atom is -0.369 e. The fraction of sp³-hybridized carbons (Fsp3) is 0.684. The summed E-state index contributed by atoms with van der Waals surface area (Å²) in [6, 6.07) is 1.37. The molecule has 172 valence electrons. The van der Waals surface area contributed by atoms with Crippen LogP contribution in [0.2, 0.25) is 0 Å². The molecule has 12 heteroatoms. The van der Waals surface area contributed by atoms with E-state index in [-0.39, 0.29) is 18.3 Å². The Morgan fingerprint density at radius 3 is 2.84 bits per heavy atom. The first-order valence-corrected chi connectivity index (χ1v) is 13.0. The molecule has 2 aromatic rings. The van der Waals surface area contributed by atoms with E-state index in [1.54, 1.807) is 6.20 Å². The summed E-state index contributed by atoms with van der Waals surface area (Å²) in [4.78, 5) is 2.39. The monoisotopic (exact) mass is 478 g/mol. The van der Waals surface area contributed by atoms with Gasteiger partial charge in [-0.3, -0.25) is 9.58 Å². The number of rotatable bonds is 5. The van der Waals surface area contributed by atoms with E-state index in [1.807, 2.05) is 6.92 Å². The van der Waals surface area contributed by atoms with E-state index in [0.717, 1.165) is 27.5 Å². The molecule has 0 aliphatic carbocycles. The van der Waals surface area contributed by atoms with Gasteiger partial charge in [-0.2, -0.15) is 13.2 Å². The van der Waals surface area contributed by atoms with Crippen molar-refractivity contribution in [1.82, 2.24) is 19.9 Å². The van der Waals surface area contributed by atoms with Gasteiger partial charge in [0.05, 0.1) is 24.6 Å². The van der Waals surface area contributed by atoms with Gasteiger partial charge in [-0.05, 0) is 37.8 Å². The number of alkyl halides is 3. The second kappa shape index (κ2) is 8.13. The number of nitrogens with zero attached hydrogens (tertiary/aromatic N) is 4. The Hall–Kier alpha value is -1.50. The van der Waals surface area contributed by atoms with Crippen molar-refractivity contribution in [3.63, 3.8) is 0 Å². The average molecular weight is 479 g/mol. The molecule has 4 rings (SSSR count). The van der Waals surface area contributed by atoms with E-state index in [4.69, 9.17) is 4.74 Å². The number of aromatic nitrogens is 3. The third-order valence-electron chi connectivity index (χ3n) is 5.95. The van der Waals surface area contributed by atoms with Crippen molar-refractivity contribution in [1.29, 1.82) is 0 Å². The van der Waals surface area contributed by atoms with Crippen LogP contribution in [0.25, 0.3) is 0 Å². The summed E-state index contributed by atoms with van der Waals surface area (Å²) in [5.41, 5.74) is 0.834. The summed E-state index contributed by atoms with van der Waals surface area (Å²) in [5, 5.41) is 8.13. The molecule has 0 radical (unpaired) electrons. The van der Waals surface area contributed by atoms with Crippen molar-refractivity contribution in [2.75, 3.05) is 25.2 Å². The molecule has 31 heavy (non-hydrogen) atoms. The van der Waals surface area contributed by atoms with Gasteiger partial charge in [0.2, 0.25) is 0 Å². The number of thiophene rings is 1. The van der Waals surface area contributed by atoms with Crippen LogP contribution in [-0.2, 0) is 45.9 Å². The first-order chi connectivity index (χ1) is 14.5. The number of ether oxygens (including phenoxy) is 1. The quantitative estimate of drug-likeness (QED) is 0.658. The van der Waals surface area contributed by atoms with Gasteiger partial charge in [-0.15, -0.1) is 16.4 Å². The van der Waals surface area contributed by atoms with Gasteiger partial charge in [-0.1, -0.05) is 5.21 Å². The van der Waals surface area contributed by atoms with Gasteiger partial charge in [-0.25, -0.2) is 8.42 Å². The molecule has 2 atom stereocenters. The van der Waals surface area contributed by atoms with Crippen LogP contribution in [0.15, 0.2) is 12.3 Å². The lowest BCUT2D eigenvalue weighted by molar-refractivity contribution is -0.134. The molecule has 7 nitrogen and oxygen atoms in total. The maximum absolute atomic E-state index is 13.2. The van der Waals surface area contributed by atoms with Crippen molar-refractivity contribution < 1.29 is 26.3 Å². The molecule has 0 N–H and O–H groups in total. The first kappa shape index (κ1) is 22.7. The van der Waals surface area contributed by atoms with E-state index >= 15 is 0 Å². The molecule has 1 spiro atoms. The SMILES string of the molecule is C[C@H]1C[C@@]2(CCN1Cc1cn(CCS(C)(=O)=O)nn1)OCCc1cc(C(F)(F)F)sc12. The Bertz CT molecular complexity index is 1050. The predicted molar refractivity (Wildman–Crippen MR) is 109 cm³/mol. The third-order valence-corrected chi connectivity index (χ3v) is 8.28. The Balaban J connectivity index is 1.44. The summed E-state index contributed by atoms with van der Waals surface area (Å²) in [7, 11) is -3.08. The Morgan fingerprint density at radius 1 is 1.39 bits per heavy atom. The molecular formula is C19H25F3N4O3S2. The van der Waals surface area contributed by atoms with Crippen LogP contribution in [0.4, 0.5) is 13.2 Å². The topological polar surface area (TPSA) is 77.3 Å². The van der Waals surface area contributed by atoms with E-state index in [2.05, 4.69) is 15.2 Å². The maximum Gasteiger partial charge on any atom is 0.425 e. The maximum atomic E-state index is 13.2. The number of likely N-dealkylation sites (tertiary alicyclic amines) is 1. The minimum atomic E-state index is -4.33. The summed E-state index contributed by atoms with van der Waals surface area (Å²) in [5.74, 6) is -0.00115. The Labute approximate surface area is 183 Å². The van der Waals surface area contributed by atoms with Gasteiger partial charge in [0.1, 0.15) is 20.3 Å². The highest BCUT2D eigenvalue weighted by Gasteiger charge is 2.46. The Morgan fingerprint density at radius 2 is 2.16 bits per heavy atom. The average Bonchev–Trinajstić information content (AvgIpc) is 3.29. The molecular weight excluding hydrogens is 453 g/mol. The van der Waals surface area contributed by atoms with Crippen molar-refractivity contribution in [3.8, 4) is 0 Å². The molecule has 0 aromatic carbocycles. The molecule has 0 unspecified atom stereocenters. The second-order valence-corrected chi connectivity index (χ2v) is 11.7. The fourth-order valence-corrected chi connectivity index (χ4v) is 6.15. The van der Waals surface area contributed by atoms with Gasteiger partial charge in [0.25, 0.3) is 0 Å². The van der Waals surface area contributed by atoms with Gasteiger partial charge < -0.3 is 4.74 Å². The number of halogens is 3. The van der Waals surface area contributed by atoms with Crippen molar-refractivity contribution >= 4 is 21.2 Å². The highest BCUT2D eigenvalue weighted by atomic mass is 32.2. The number of sulfone groups is 1. The lowest BCUT2D eigenvalue weighted by Gasteiger charge is -2.46. The van der Waals surface area contributed by atoms with E-state index in [9.17, 15) is 21.6 Å². The summed E-state index contributed by atoms with van der Waals surface area (Å²) in [6.45, 7) is 3.94. The predicted octanol–water partition coefficient (Wildman–Crippen LogP) is 2.86. The van der Waals surface area contributed by atoms with Crippen molar-refractivity contribution in [2.45, 2.75) is 57.1 Å². The molecule has 1 saturated heterocycles. The summed E-state index contributed by atoms with van der Waals surface area (Å²) >= 11 is 0.822. The molecule has 4 heterocycles. The van der Waals surface area contributed by atoms with Crippen LogP contribution in [0.5, 0.6) is 0 Å². The normalized spacial score (nSPS) is 25.1. The number of hydrogen-bond donors (Lipinski definition) is 0. The fourth-order valence-electron chi connectivity index (χ4n) is 4.37. The van der Waals surface area contributed by atoms with Gasteiger partial charge in [0, 0.05) is 36.5 Å². The highest BCUT2D eigenvalue weighted by Crippen LogP contribution is 2.49. The van der Waals surface area contributed by atoms with Crippen LogP contribution >= 0.6 is 11.3 Å². The van der Waals surface area contributed by atoms with Crippen LogP contribution in [0.3, 0.4) is 0 Å². The molecule has 1 fully saturated rings. The number of piperidine rings is 1. The van der Waals surface area contributed by atoms with E-state index < -0.39 is 26.5 Å². The Kier molecular flexibility index (Phi) is 5.95. The van der Waals surface area contributed by atoms with Crippen molar-refractivity contribution in [2.24, 2.45) is 0 Å². The van der Waals surface area contributed by atoms with Gasteiger partial charge >= 0.3 is 6.18 Å². The van der Waals surface area contributed by atoms with Gasteiger partial charge in [0.15, 0.2) is 0 Å². The lowest BCUT2D eigenvalue weighted by atomic mass is 9.82. The zero-order valence-corrected chi connectivity index (χ0v) is 19.0. The number of aryl methyl sites for hydroxylation is 1. The molecule has 0 amide bonds. The first-order valence-electron chi connectivity index (χ1n) is 10.1. The largest absolute Gasteiger partial charge is 0.425 e. The third kappa shape index (κ3) is 4.96. The molecule has 2 aliphatic rings. The van der Waals surface area contributed by atoms with Crippen LogP contribution in [-0.4, -0.2) is 59.5 Å². The number of hydrogen-bond acceptors (Lipinski definition) is 7. The van der Waals surface area contributed by atoms with Crippen LogP contribution in [0, 0.1) is 0 Å². The number of fused-ring (bicyclic) bond motifs is 2. The molecule has 2 aliphatic heterocycles. The van der Waals surface area contributed by atoms with Crippen molar-refractivity contribution in [3.05, 3.63) is 33.3 Å². The molecule has 0 bridgehead atoms. The smallest absolute Gasteiger partial charge is 0.369 e. The highest BCUT2D eigenvalue weighted by molar-refractivity contribution is 7.90. The van der Waals surface area contributed by atoms with E-state index in [0.29, 0.717) is 39.0 Å². The van der Waals surface area contributed by atoms with Crippen LogP contribution < -0.4 is 0 Å². The second-order valence-electron chi connectivity index (χ2n) is 8.43. The zero-order chi connectivity index (χ0) is 22.4. The van der Waals surface area contributed by atoms with E-state index in [1.165, 1.54) is 17.0 Å². The lowest BCUT2D eigenvalue weighted by Crippen LogP contribution is -2.50. The summed E-state index contributed by atoms with van der Waals surface area (Å²) < 4.78 is 70.0. The zero-order valence-electron chi connectivity index (χ0n) is 17.4. The minimum absolute atomic E-state index is 0.00115. The van der Waals surface area contributed by atoms with Crippen LogP contribution in [0.1, 0.15) is 40.8 Å². The standard InChI is InChI=1S/C19H25F3N4O3S2/c1-13-10-18(17-14(3-7-29-18)9-16(30-17)19(20,21)22)4-5-25(13)11-15-12-26(24-23-15)6-8-31(2,27)28/h9,12-13H,3-8,10-11H2,1-2H3/t13-,18+/m0/s1.